The van der Waals surface area contributed by atoms with Gasteiger partial charge in [-0.2, -0.15) is 0 Å². The van der Waals surface area contributed by atoms with Crippen molar-refractivity contribution in [3.63, 3.8) is 0 Å². The van der Waals surface area contributed by atoms with Crippen LogP contribution in [0.3, 0.4) is 0 Å². The van der Waals surface area contributed by atoms with Crippen molar-refractivity contribution in [3.05, 3.63) is 64.2 Å². The summed E-state index contributed by atoms with van der Waals surface area (Å²) < 4.78 is 26.3. The predicted octanol–water partition coefficient (Wildman–Crippen LogP) is 3.28. The van der Waals surface area contributed by atoms with Crippen molar-refractivity contribution in [2.45, 2.75) is 39.8 Å². The zero-order chi connectivity index (χ0) is 24.1. The van der Waals surface area contributed by atoms with Gasteiger partial charge < -0.3 is 10.2 Å². The van der Waals surface area contributed by atoms with Crippen LogP contribution in [0.2, 0.25) is 5.02 Å². The molecule has 0 radical (unpaired) electrons. The van der Waals surface area contributed by atoms with E-state index in [0.29, 0.717) is 17.1 Å². The second-order valence-electron chi connectivity index (χ2n) is 7.80. The summed E-state index contributed by atoms with van der Waals surface area (Å²) in [5.41, 5.74) is 2.96. The minimum absolute atomic E-state index is 0.145. The van der Waals surface area contributed by atoms with Gasteiger partial charge in [-0.15, -0.1) is 0 Å². The normalized spacial score (nSPS) is 12.2. The van der Waals surface area contributed by atoms with Gasteiger partial charge in [0.2, 0.25) is 21.8 Å². The van der Waals surface area contributed by atoms with Gasteiger partial charge in [0, 0.05) is 18.6 Å². The molecule has 0 bridgehead atoms. The number of aryl methyl sites for hydroxylation is 2. The van der Waals surface area contributed by atoms with Crippen LogP contribution >= 0.6 is 11.6 Å². The molecule has 0 unspecified atom stereocenters. The molecule has 1 N–H and O–H groups in total. The van der Waals surface area contributed by atoms with Crippen LogP contribution in [-0.2, 0) is 26.2 Å². The maximum atomic E-state index is 13.4. The van der Waals surface area contributed by atoms with Crippen LogP contribution in [0.15, 0.2) is 42.5 Å². The van der Waals surface area contributed by atoms with Gasteiger partial charge in [-0.3, -0.25) is 13.9 Å². The van der Waals surface area contributed by atoms with Crippen LogP contribution in [0.5, 0.6) is 0 Å². The van der Waals surface area contributed by atoms with Gasteiger partial charge in [-0.1, -0.05) is 36.7 Å². The Labute approximate surface area is 195 Å². The molecule has 1 atom stereocenters. The first-order valence-corrected chi connectivity index (χ1v) is 12.5. The van der Waals surface area contributed by atoms with Crippen molar-refractivity contribution in [1.82, 2.24) is 10.2 Å². The van der Waals surface area contributed by atoms with E-state index < -0.39 is 28.5 Å². The van der Waals surface area contributed by atoms with Crippen LogP contribution < -0.4 is 9.62 Å². The minimum atomic E-state index is -3.75. The Bertz CT molecular complexity index is 1050. The second kappa shape index (κ2) is 10.8. The summed E-state index contributed by atoms with van der Waals surface area (Å²) in [5, 5.41) is 3.15. The van der Waals surface area contributed by atoms with Gasteiger partial charge in [0.05, 0.1) is 11.9 Å². The molecule has 0 saturated carbocycles. The first kappa shape index (κ1) is 25.7. The van der Waals surface area contributed by atoms with E-state index in [4.69, 9.17) is 11.6 Å². The van der Waals surface area contributed by atoms with Crippen molar-refractivity contribution in [2.75, 3.05) is 24.2 Å². The number of nitrogens with zero attached hydrogens (tertiary/aromatic N) is 2. The minimum Gasteiger partial charge on any atom is -0.357 e. The van der Waals surface area contributed by atoms with E-state index in [1.165, 1.54) is 11.9 Å². The van der Waals surface area contributed by atoms with E-state index in [1.54, 1.807) is 43.3 Å². The van der Waals surface area contributed by atoms with E-state index >= 15 is 0 Å². The predicted molar refractivity (Wildman–Crippen MR) is 128 cm³/mol. The molecule has 7 nitrogen and oxygen atoms in total. The lowest BCUT2D eigenvalue weighted by Crippen LogP contribution is -2.51. The van der Waals surface area contributed by atoms with Crippen LogP contribution in [-0.4, -0.2) is 51.0 Å². The summed E-state index contributed by atoms with van der Waals surface area (Å²) in [6, 6.07) is 11.6. The maximum absolute atomic E-state index is 13.4. The first-order valence-electron chi connectivity index (χ1n) is 10.3. The number of likely N-dealkylation sites (N-methyl/N-ethyl adjacent to an activating group) is 1. The van der Waals surface area contributed by atoms with Gasteiger partial charge in [0.1, 0.15) is 12.6 Å². The highest BCUT2D eigenvalue weighted by molar-refractivity contribution is 7.92. The molecule has 0 spiro atoms. The van der Waals surface area contributed by atoms with Crippen molar-refractivity contribution in [1.29, 1.82) is 0 Å². The number of nitrogens with one attached hydrogen (secondary N) is 1. The Morgan fingerprint density at radius 3 is 2.09 bits per heavy atom. The quantitative estimate of drug-likeness (QED) is 0.598. The number of sulfonamides is 1. The number of benzene rings is 2. The number of hydrogen-bond acceptors (Lipinski definition) is 4. The van der Waals surface area contributed by atoms with Crippen LogP contribution in [0.25, 0.3) is 0 Å². The number of rotatable bonds is 9. The standard InChI is InChI=1S/C23H30ClN3O4S/c1-6-21(23(29)25-4)26(14-18-7-9-19(24)10-8-18)22(28)15-27(32(5,30)31)20-12-16(2)11-17(3)13-20/h7-13,21H,6,14-15H2,1-5H3,(H,25,29)/t21-/m0/s1. The maximum Gasteiger partial charge on any atom is 0.244 e. The van der Waals surface area contributed by atoms with Crippen molar-refractivity contribution in [2.24, 2.45) is 0 Å². The Morgan fingerprint density at radius 1 is 1.06 bits per heavy atom. The molecule has 0 heterocycles. The lowest BCUT2D eigenvalue weighted by atomic mass is 10.1. The molecule has 0 aliphatic rings. The molecule has 2 aromatic carbocycles. The topological polar surface area (TPSA) is 86.8 Å². The summed E-state index contributed by atoms with van der Waals surface area (Å²) in [4.78, 5) is 27.4. The monoisotopic (exact) mass is 479 g/mol. The Morgan fingerprint density at radius 2 is 1.62 bits per heavy atom. The molecule has 0 aliphatic heterocycles. The number of carbonyl (C=O) groups is 2. The van der Waals surface area contributed by atoms with Gasteiger partial charge in [0.15, 0.2) is 0 Å². The number of halogens is 1. The van der Waals surface area contributed by atoms with E-state index in [-0.39, 0.29) is 12.5 Å². The summed E-state index contributed by atoms with van der Waals surface area (Å²) >= 11 is 5.97. The lowest BCUT2D eigenvalue weighted by Gasteiger charge is -2.32. The van der Waals surface area contributed by atoms with Crippen molar-refractivity contribution in [3.8, 4) is 0 Å². The van der Waals surface area contributed by atoms with Crippen LogP contribution in [0.4, 0.5) is 5.69 Å². The molecule has 0 aliphatic carbocycles. The lowest BCUT2D eigenvalue weighted by molar-refractivity contribution is -0.140. The third-order valence-corrected chi connectivity index (χ3v) is 6.46. The molecule has 2 amide bonds. The third kappa shape index (κ3) is 6.71. The number of hydrogen-bond donors (Lipinski definition) is 1. The molecule has 2 rings (SSSR count). The average molecular weight is 480 g/mol. The highest BCUT2D eigenvalue weighted by atomic mass is 35.5. The van der Waals surface area contributed by atoms with Crippen molar-refractivity contribution < 1.29 is 18.0 Å². The largest absolute Gasteiger partial charge is 0.357 e. The SMILES string of the molecule is CC[C@@H](C(=O)NC)N(Cc1ccc(Cl)cc1)C(=O)CN(c1cc(C)cc(C)c1)S(C)(=O)=O. The zero-order valence-electron chi connectivity index (χ0n) is 19.1. The van der Waals surface area contributed by atoms with Crippen molar-refractivity contribution >= 4 is 39.1 Å². The van der Waals surface area contributed by atoms with Gasteiger partial charge in [-0.25, -0.2) is 8.42 Å². The molecule has 32 heavy (non-hydrogen) atoms. The number of carbonyl (C=O) groups excluding carboxylic acids is 2. The molecular weight excluding hydrogens is 450 g/mol. The highest BCUT2D eigenvalue weighted by Gasteiger charge is 2.31. The Balaban J connectivity index is 2.45. The third-order valence-electron chi connectivity index (χ3n) is 5.07. The number of amides is 2. The van der Waals surface area contributed by atoms with Gasteiger partial charge >= 0.3 is 0 Å². The Hall–Kier alpha value is -2.58. The van der Waals surface area contributed by atoms with Crippen LogP contribution in [0, 0.1) is 13.8 Å². The van der Waals surface area contributed by atoms with Crippen LogP contribution in [0.1, 0.15) is 30.0 Å². The number of anilines is 1. The van der Waals surface area contributed by atoms with Gasteiger partial charge in [-0.05, 0) is 61.2 Å². The van der Waals surface area contributed by atoms with E-state index in [0.717, 1.165) is 27.3 Å². The molecule has 9 heteroatoms. The first-order chi connectivity index (χ1) is 15.0. The molecule has 0 saturated heterocycles. The van der Waals surface area contributed by atoms with E-state index in [1.807, 2.05) is 19.9 Å². The molecular formula is C23H30ClN3O4S. The summed E-state index contributed by atoms with van der Waals surface area (Å²) in [5.74, 6) is -0.785. The van der Waals surface area contributed by atoms with E-state index in [2.05, 4.69) is 5.32 Å². The molecule has 2 aromatic rings. The smallest absolute Gasteiger partial charge is 0.244 e. The Kier molecular flexibility index (Phi) is 8.69. The summed E-state index contributed by atoms with van der Waals surface area (Å²) in [6.07, 6.45) is 1.44. The highest BCUT2D eigenvalue weighted by Crippen LogP contribution is 2.23. The summed E-state index contributed by atoms with van der Waals surface area (Å²) in [7, 11) is -2.24. The molecule has 174 valence electrons. The van der Waals surface area contributed by atoms with Gasteiger partial charge in [0.25, 0.3) is 0 Å². The fourth-order valence-corrected chi connectivity index (χ4v) is 4.54. The fourth-order valence-electron chi connectivity index (χ4n) is 3.58. The average Bonchev–Trinajstić information content (AvgIpc) is 2.71. The molecule has 0 aromatic heterocycles. The summed E-state index contributed by atoms with van der Waals surface area (Å²) in [6.45, 7) is 5.27. The molecule has 0 fully saturated rings. The fraction of sp³-hybridized carbons (Fsp3) is 0.391. The van der Waals surface area contributed by atoms with E-state index in [9.17, 15) is 18.0 Å². The second-order valence-corrected chi connectivity index (χ2v) is 10.1. The zero-order valence-corrected chi connectivity index (χ0v) is 20.6.